The Bertz CT molecular complexity index is 674. The molecule has 1 aromatic carbocycles. The van der Waals surface area contributed by atoms with E-state index in [2.05, 4.69) is 10.3 Å². The van der Waals surface area contributed by atoms with Crippen LogP contribution in [-0.4, -0.2) is 16.5 Å². The van der Waals surface area contributed by atoms with E-state index in [9.17, 15) is 14.5 Å². The van der Waals surface area contributed by atoms with Crippen molar-refractivity contribution in [1.29, 1.82) is 0 Å². The summed E-state index contributed by atoms with van der Waals surface area (Å²) in [5, 5.41) is 14.7. The molecule has 0 unspecified atom stereocenters. The minimum Gasteiger partial charge on any atom is -0.370 e. The number of rotatable bonds is 6. The van der Waals surface area contributed by atoms with Gasteiger partial charge in [0, 0.05) is 11.9 Å². The van der Waals surface area contributed by atoms with E-state index in [-0.39, 0.29) is 11.2 Å². The van der Waals surface area contributed by atoms with Gasteiger partial charge in [-0.1, -0.05) is 20.3 Å². The summed E-state index contributed by atoms with van der Waals surface area (Å²) in [6, 6.07) is 4.00. The number of pyridine rings is 1. The maximum Gasteiger partial charge on any atom is 0.298 e. The molecule has 1 aromatic heterocycles. The summed E-state index contributed by atoms with van der Waals surface area (Å²) in [7, 11) is 0. The number of non-ortho nitro benzene ring substituents is 1. The second-order valence-corrected chi connectivity index (χ2v) is 4.93. The normalized spacial score (nSPS) is 10.8. The third kappa shape index (κ3) is 3.26. The van der Waals surface area contributed by atoms with E-state index in [0.717, 1.165) is 37.4 Å². The number of aryl methyl sites for hydroxylation is 1. The fourth-order valence-corrected chi connectivity index (χ4v) is 2.27. The lowest BCUT2D eigenvalue weighted by Gasteiger charge is -2.12. The number of hydrogen-bond donors (Lipinski definition) is 1. The average Bonchev–Trinajstić information content (AvgIpc) is 2.44. The van der Waals surface area contributed by atoms with E-state index >= 15 is 0 Å². The minimum absolute atomic E-state index is 0.222. The quantitative estimate of drug-likeness (QED) is 0.643. The van der Waals surface area contributed by atoms with Crippen LogP contribution in [0.1, 0.15) is 32.3 Å². The molecule has 2 aromatic rings. The highest BCUT2D eigenvalue weighted by Gasteiger charge is 2.18. The summed E-state index contributed by atoms with van der Waals surface area (Å²) in [4.78, 5) is 14.9. The molecular weight excluding hydrogens is 273 g/mol. The molecule has 0 aliphatic rings. The van der Waals surface area contributed by atoms with Crippen LogP contribution in [0.25, 0.3) is 10.9 Å². The van der Waals surface area contributed by atoms with Crippen LogP contribution in [0.15, 0.2) is 18.2 Å². The minimum atomic E-state index is -0.618. The molecule has 0 atom stereocenters. The zero-order valence-corrected chi connectivity index (χ0v) is 12.1. The second kappa shape index (κ2) is 6.47. The number of anilines is 1. The third-order valence-electron chi connectivity index (χ3n) is 3.20. The highest BCUT2D eigenvalue weighted by molar-refractivity contribution is 5.89. The van der Waals surface area contributed by atoms with Crippen molar-refractivity contribution in [2.75, 3.05) is 11.9 Å². The molecule has 6 heteroatoms. The average molecular weight is 291 g/mol. The molecule has 2 rings (SSSR count). The summed E-state index contributed by atoms with van der Waals surface area (Å²) < 4.78 is 13.5. The van der Waals surface area contributed by atoms with Gasteiger partial charge in [-0.15, -0.1) is 0 Å². The van der Waals surface area contributed by atoms with Crippen LogP contribution in [0, 0.1) is 15.9 Å². The van der Waals surface area contributed by atoms with E-state index in [4.69, 9.17) is 0 Å². The van der Waals surface area contributed by atoms with Gasteiger partial charge in [0.05, 0.1) is 11.0 Å². The van der Waals surface area contributed by atoms with E-state index in [1.807, 2.05) is 13.8 Å². The van der Waals surface area contributed by atoms with Gasteiger partial charge < -0.3 is 5.32 Å². The van der Waals surface area contributed by atoms with E-state index in [1.54, 1.807) is 6.07 Å². The molecule has 112 valence electrons. The number of nitrogens with zero attached hydrogens (tertiary/aromatic N) is 2. The fourth-order valence-electron chi connectivity index (χ4n) is 2.27. The molecule has 0 aliphatic carbocycles. The Morgan fingerprint density at radius 3 is 2.67 bits per heavy atom. The Kier molecular flexibility index (Phi) is 4.67. The van der Waals surface area contributed by atoms with E-state index in [1.165, 1.54) is 6.07 Å². The summed E-state index contributed by atoms with van der Waals surface area (Å²) >= 11 is 0. The Hall–Kier alpha value is -2.24. The highest BCUT2D eigenvalue weighted by atomic mass is 19.1. The van der Waals surface area contributed by atoms with Crippen LogP contribution < -0.4 is 5.32 Å². The van der Waals surface area contributed by atoms with Crippen molar-refractivity contribution in [3.05, 3.63) is 39.7 Å². The van der Waals surface area contributed by atoms with Crippen molar-refractivity contribution in [2.45, 2.75) is 33.1 Å². The molecule has 0 saturated carbocycles. The van der Waals surface area contributed by atoms with Gasteiger partial charge in [0.2, 0.25) is 0 Å². The van der Waals surface area contributed by atoms with Crippen molar-refractivity contribution in [1.82, 2.24) is 4.98 Å². The molecule has 0 amide bonds. The molecule has 0 aliphatic heterocycles. The highest BCUT2D eigenvalue weighted by Crippen LogP contribution is 2.29. The van der Waals surface area contributed by atoms with Crippen molar-refractivity contribution in [2.24, 2.45) is 0 Å². The van der Waals surface area contributed by atoms with Gasteiger partial charge in [0.25, 0.3) is 5.69 Å². The molecule has 5 nitrogen and oxygen atoms in total. The number of nitro groups is 1. The molecule has 1 heterocycles. The van der Waals surface area contributed by atoms with Crippen LogP contribution in [0.5, 0.6) is 0 Å². The Balaban J connectivity index is 2.65. The Morgan fingerprint density at radius 1 is 1.29 bits per heavy atom. The topological polar surface area (TPSA) is 68.1 Å². The monoisotopic (exact) mass is 291 g/mol. The van der Waals surface area contributed by atoms with Crippen molar-refractivity contribution in [3.63, 3.8) is 0 Å². The lowest BCUT2D eigenvalue weighted by Crippen LogP contribution is -2.06. The van der Waals surface area contributed by atoms with Crippen LogP contribution in [-0.2, 0) is 6.42 Å². The first-order valence-electron chi connectivity index (χ1n) is 7.08. The third-order valence-corrected chi connectivity index (χ3v) is 3.20. The molecular formula is C15H18FN3O2. The van der Waals surface area contributed by atoms with Crippen LogP contribution >= 0.6 is 0 Å². The SMILES string of the molecule is CCCNc1nc2c([N+](=O)[O-])cc(F)cc2cc1CCC. The Labute approximate surface area is 122 Å². The summed E-state index contributed by atoms with van der Waals surface area (Å²) in [6.07, 6.45) is 2.64. The maximum absolute atomic E-state index is 13.5. The number of aromatic nitrogens is 1. The fraction of sp³-hybridized carbons (Fsp3) is 0.400. The number of nitrogens with one attached hydrogen (secondary N) is 1. The van der Waals surface area contributed by atoms with E-state index < -0.39 is 10.7 Å². The molecule has 0 spiro atoms. The van der Waals surface area contributed by atoms with Gasteiger partial charge >= 0.3 is 0 Å². The van der Waals surface area contributed by atoms with Gasteiger partial charge in [0.15, 0.2) is 5.52 Å². The van der Waals surface area contributed by atoms with Gasteiger partial charge in [-0.05, 0) is 30.5 Å². The summed E-state index contributed by atoms with van der Waals surface area (Å²) in [6.45, 7) is 4.82. The number of nitro benzene ring substituents is 1. The van der Waals surface area contributed by atoms with Crippen LogP contribution in [0.2, 0.25) is 0 Å². The predicted octanol–water partition coefficient (Wildman–Crippen LogP) is 4.06. The van der Waals surface area contributed by atoms with Crippen LogP contribution in [0.4, 0.5) is 15.9 Å². The molecule has 0 saturated heterocycles. The van der Waals surface area contributed by atoms with Gasteiger partial charge in [-0.3, -0.25) is 10.1 Å². The largest absolute Gasteiger partial charge is 0.370 e. The summed E-state index contributed by atoms with van der Waals surface area (Å²) in [5.74, 6) is 0.0358. The lowest BCUT2D eigenvalue weighted by molar-refractivity contribution is -0.383. The first-order valence-corrected chi connectivity index (χ1v) is 7.08. The molecule has 0 radical (unpaired) electrons. The molecule has 21 heavy (non-hydrogen) atoms. The zero-order valence-electron chi connectivity index (χ0n) is 12.1. The molecule has 1 N–H and O–H groups in total. The number of hydrogen-bond acceptors (Lipinski definition) is 4. The van der Waals surface area contributed by atoms with Gasteiger partial charge in [0.1, 0.15) is 11.6 Å². The van der Waals surface area contributed by atoms with Crippen molar-refractivity contribution >= 4 is 22.4 Å². The van der Waals surface area contributed by atoms with Gasteiger partial charge in [-0.25, -0.2) is 9.37 Å². The van der Waals surface area contributed by atoms with Gasteiger partial charge in [-0.2, -0.15) is 0 Å². The lowest BCUT2D eigenvalue weighted by atomic mass is 10.1. The molecule has 0 bridgehead atoms. The maximum atomic E-state index is 13.5. The molecule has 0 fully saturated rings. The standard InChI is InChI=1S/C15H18FN3O2/c1-3-5-10-7-11-8-12(16)9-13(19(20)21)14(11)18-15(10)17-6-4-2/h7-9H,3-6H2,1-2H3,(H,17,18). The van der Waals surface area contributed by atoms with Crippen molar-refractivity contribution < 1.29 is 9.31 Å². The number of fused-ring (bicyclic) bond motifs is 1. The number of halogens is 1. The van der Waals surface area contributed by atoms with Crippen LogP contribution in [0.3, 0.4) is 0 Å². The zero-order chi connectivity index (χ0) is 15.4. The van der Waals surface area contributed by atoms with E-state index in [0.29, 0.717) is 11.2 Å². The predicted molar refractivity (Wildman–Crippen MR) is 81.1 cm³/mol. The first-order chi connectivity index (χ1) is 10.1. The number of benzene rings is 1. The Morgan fingerprint density at radius 2 is 2.05 bits per heavy atom. The van der Waals surface area contributed by atoms with Crippen molar-refractivity contribution in [3.8, 4) is 0 Å². The summed E-state index contributed by atoms with van der Waals surface area (Å²) in [5.41, 5.74) is 0.880. The second-order valence-electron chi connectivity index (χ2n) is 4.93. The first kappa shape index (κ1) is 15.2. The smallest absolute Gasteiger partial charge is 0.298 e.